The third kappa shape index (κ3) is 6.07. The lowest BCUT2D eigenvalue weighted by atomic mass is 10.2. The van der Waals surface area contributed by atoms with Crippen molar-refractivity contribution in [2.45, 2.75) is 26.7 Å². The molecule has 2 aliphatic heterocycles. The van der Waals surface area contributed by atoms with Gasteiger partial charge in [0.2, 0.25) is 5.91 Å². The second-order valence-electron chi connectivity index (χ2n) is 7.65. The summed E-state index contributed by atoms with van der Waals surface area (Å²) in [7, 11) is 1.86. The summed E-state index contributed by atoms with van der Waals surface area (Å²) in [6.07, 6.45) is 6.27. The van der Waals surface area contributed by atoms with Gasteiger partial charge in [-0.3, -0.25) is 14.5 Å². The Hall–Kier alpha value is -1.36. The Bertz CT molecular complexity index is 656. The van der Waals surface area contributed by atoms with Gasteiger partial charge in [-0.25, -0.2) is 0 Å². The van der Waals surface area contributed by atoms with E-state index >= 15 is 0 Å². The van der Waals surface area contributed by atoms with Crippen molar-refractivity contribution in [1.82, 2.24) is 24.9 Å². The fourth-order valence-corrected chi connectivity index (χ4v) is 3.81. The summed E-state index contributed by atoms with van der Waals surface area (Å²) in [5, 5.41) is 7.53. The molecule has 3 rings (SSSR count). The molecule has 28 heavy (non-hydrogen) atoms. The van der Waals surface area contributed by atoms with Crippen LogP contribution in [0.4, 0.5) is 5.69 Å². The predicted octanol–water partition coefficient (Wildman–Crippen LogP) is 1.38. The van der Waals surface area contributed by atoms with Gasteiger partial charge in [0.15, 0.2) is 5.96 Å². The zero-order chi connectivity index (χ0) is 19.2. The zero-order valence-corrected chi connectivity index (χ0v) is 19.6. The van der Waals surface area contributed by atoms with Crippen molar-refractivity contribution >= 4 is 41.5 Å². The first kappa shape index (κ1) is 22.9. The number of rotatable bonds is 6. The van der Waals surface area contributed by atoms with E-state index < -0.39 is 0 Å². The molecule has 0 bridgehead atoms. The number of hydrogen-bond donors (Lipinski definition) is 1. The average Bonchev–Trinajstić information content (AvgIpc) is 3.30. The standard InChI is InChI=1S/C19H33N7O.HI/c1-4-20-19(21-11-16(2)13-24-7-5-6-8-24)25-9-10-26(18(27)15-25)17-12-22-23(3)14-17;/h12,14,16H,4-11,13,15H2,1-3H3,(H,20,21);1H. The molecule has 0 aromatic carbocycles. The first-order valence-electron chi connectivity index (χ1n) is 10.1. The fourth-order valence-electron chi connectivity index (χ4n) is 3.81. The molecule has 0 radical (unpaired) electrons. The van der Waals surface area contributed by atoms with Crippen molar-refractivity contribution in [2.75, 3.05) is 57.3 Å². The fraction of sp³-hybridized carbons (Fsp3) is 0.737. The van der Waals surface area contributed by atoms with Crippen LogP contribution < -0.4 is 10.2 Å². The molecule has 2 aliphatic rings. The first-order chi connectivity index (χ1) is 13.1. The van der Waals surface area contributed by atoms with Gasteiger partial charge >= 0.3 is 0 Å². The van der Waals surface area contributed by atoms with E-state index in [2.05, 4.69) is 34.1 Å². The molecule has 8 nitrogen and oxygen atoms in total. The average molecular weight is 503 g/mol. The molecule has 1 amide bonds. The lowest BCUT2D eigenvalue weighted by Gasteiger charge is -2.35. The summed E-state index contributed by atoms with van der Waals surface area (Å²) in [6, 6.07) is 0. The number of carbonyl (C=O) groups is 1. The highest BCUT2D eigenvalue weighted by molar-refractivity contribution is 14.0. The number of amides is 1. The highest BCUT2D eigenvalue weighted by atomic mass is 127. The quantitative estimate of drug-likeness (QED) is 0.361. The molecule has 1 atom stereocenters. The molecule has 0 saturated carbocycles. The summed E-state index contributed by atoms with van der Waals surface area (Å²) in [5.41, 5.74) is 0.864. The minimum atomic E-state index is 0. The zero-order valence-electron chi connectivity index (χ0n) is 17.3. The summed E-state index contributed by atoms with van der Waals surface area (Å²) >= 11 is 0. The minimum absolute atomic E-state index is 0. The minimum Gasteiger partial charge on any atom is -0.357 e. The van der Waals surface area contributed by atoms with Crippen LogP contribution in [0.5, 0.6) is 0 Å². The van der Waals surface area contributed by atoms with Gasteiger partial charge in [-0.2, -0.15) is 5.10 Å². The van der Waals surface area contributed by atoms with E-state index in [-0.39, 0.29) is 29.9 Å². The molecule has 158 valence electrons. The summed E-state index contributed by atoms with van der Waals surface area (Å²) in [4.78, 5) is 23.9. The predicted molar refractivity (Wildman–Crippen MR) is 123 cm³/mol. The smallest absolute Gasteiger partial charge is 0.246 e. The SMILES string of the molecule is CCNC(=NCC(C)CN1CCCC1)N1CCN(c2cnn(C)c2)C(=O)C1.I. The number of nitrogens with one attached hydrogen (secondary N) is 1. The Labute approximate surface area is 185 Å². The molecule has 0 aliphatic carbocycles. The Morgan fingerprint density at radius 1 is 1.29 bits per heavy atom. The van der Waals surface area contributed by atoms with Crippen molar-refractivity contribution in [3.05, 3.63) is 12.4 Å². The first-order valence-corrected chi connectivity index (χ1v) is 10.1. The van der Waals surface area contributed by atoms with E-state index in [9.17, 15) is 4.79 Å². The number of piperazine rings is 1. The van der Waals surface area contributed by atoms with Crippen molar-refractivity contribution in [3.8, 4) is 0 Å². The molecule has 2 saturated heterocycles. The van der Waals surface area contributed by atoms with E-state index in [0.29, 0.717) is 19.0 Å². The number of carbonyl (C=O) groups excluding carboxylic acids is 1. The number of aromatic nitrogens is 2. The molecular weight excluding hydrogens is 469 g/mol. The Morgan fingerprint density at radius 2 is 2.04 bits per heavy atom. The van der Waals surface area contributed by atoms with Gasteiger partial charge in [-0.05, 0) is 38.8 Å². The van der Waals surface area contributed by atoms with Crippen LogP contribution in [0.2, 0.25) is 0 Å². The lowest BCUT2D eigenvalue weighted by Crippen LogP contribution is -2.55. The molecule has 1 aromatic rings. The van der Waals surface area contributed by atoms with Gasteiger partial charge in [0, 0.05) is 46.0 Å². The van der Waals surface area contributed by atoms with Crippen LogP contribution in [0.25, 0.3) is 0 Å². The number of aliphatic imine (C=N–C) groups is 1. The number of guanidine groups is 1. The number of likely N-dealkylation sites (tertiary alicyclic amines) is 1. The van der Waals surface area contributed by atoms with Gasteiger partial charge in [0.25, 0.3) is 0 Å². The van der Waals surface area contributed by atoms with Gasteiger partial charge in [-0.1, -0.05) is 6.92 Å². The molecule has 9 heteroatoms. The van der Waals surface area contributed by atoms with Crippen molar-refractivity contribution in [3.63, 3.8) is 0 Å². The number of anilines is 1. The molecule has 1 aromatic heterocycles. The van der Waals surface area contributed by atoms with Gasteiger partial charge < -0.3 is 20.0 Å². The Morgan fingerprint density at radius 3 is 2.64 bits per heavy atom. The second kappa shape index (κ2) is 11.0. The number of aryl methyl sites for hydroxylation is 1. The normalized spacial score (nSPS) is 19.7. The summed E-state index contributed by atoms with van der Waals surface area (Å²) in [5.74, 6) is 1.46. The maximum atomic E-state index is 12.6. The van der Waals surface area contributed by atoms with E-state index in [1.54, 1.807) is 10.9 Å². The highest BCUT2D eigenvalue weighted by Gasteiger charge is 2.27. The molecule has 2 fully saturated rings. The summed E-state index contributed by atoms with van der Waals surface area (Å²) in [6.45, 7) is 11.2. The number of halogens is 1. The van der Waals surface area contributed by atoms with Gasteiger partial charge in [0.05, 0.1) is 11.9 Å². The van der Waals surface area contributed by atoms with E-state index in [0.717, 1.165) is 37.8 Å². The molecule has 0 spiro atoms. The maximum absolute atomic E-state index is 12.6. The Kier molecular flexibility index (Phi) is 9.00. The van der Waals surface area contributed by atoms with Crippen molar-refractivity contribution < 1.29 is 4.79 Å². The summed E-state index contributed by atoms with van der Waals surface area (Å²) < 4.78 is 1.72. The van der Waals surface area contributed by atoms with E-state index in [1.807, 2.05) is 18.1 Å². The van der Waals surface area contributed by atoms with Crippen LogP contribution >= 0.6 is 24.0 Å². The lowest BCUT2D eigenvalue weighted by molar-refractivity contribution is -0.120. The van der Waals surface area contributed by atoms with E-state index in [1.165, 1.54) is 25.9 Å². The third-order valence-electron chi connectivity index (χ3n) is 5.18. The largest absolute Gasteiger partial charge is 0.357 e. The molecule has 1 unspecified atom stereocenters. The van der Waals surface area contributed by atoms with Gasteiger partial charge in [-0.15, -0.1) is 24.0 Å². The monoisotopic (exact) mass is 503 g/mol. The topological polar surface area (TPSA) is 69.0 Å². The molecule has 3 heterocycles. The third-order valence-corrected chi connectivity index (χ3v) is 5.18. The number of nitrogens with zero attached hydrogens (tertiary/aromatic N) is 6. The van der Waals surface area contributed by atoms with E-state index in [4.69, 9.17) is 4.99 Å². The highest BCUT2D eigenvalue weighted by Crippen LogP contribution is 2.16. The Balaban J connectivity index is 0.00000280. The van der Waals surface area contributed by atoms with Crippen molar-refractivity contribution in [2.24, 2.45) is 18.0 Å². The molecular formula is C19H34IN7O. The van der Waals surface area contributed by atoms with Crippen LogP contribution in [0.3, 0.4) is 0 Å². The second-order valence-corrected chi connectivity index (χ2v) is 7.65. The van der Waals surface area contributed by atoms with Gasteiger partial charge in [0.1, 0.15) is 6.54 Å². The van der Waals surface area contributed by atoms with Crippen LogP contribution in [-0.2, 0) is 11.8 Å². The van der Waals surface area contributed by atoms with Crippen LogP contribution in [0, 0.1) is 5.92 Å². The van der Waals surface area contributed by atoms with Crippen LogP contribution in [-0.4, -0.2) is 83.8 Å². The van der Waals surface area contributed by atoms with Crippen LogP contribution in [0.1, 0.15) is 26.7 Å². The molecule has 1 N–H and O–H groups in total. The maximum Gasteiger partial charge on any atom is 0.246 e. The van der Waals surface area contributed by atoms with Crippen LogP contribution in [0.15, 0.2) is 17.4 Å². The van der Waals surface area contributed by atoms with Crippen molar-refractivity contribution in [1.29, 1.82) is 0 Å². The number of hydrogen-bond acceptors (Lipinski definition) is 4.